The molecular weight excluding hydrogens is 356 g/mol. The maximum Gasteiger partial charge on any atom is 0.303 e. The second-order valence-corrected chi connectivity index (χ2v) is 9.97. The van der Waals surface area contributed by atoms with Crippen LogP contribution in [0.4, 0.5) is 0 Å². The highest BCUT2D eigenvalue weighted by atomic mass is 16.6. The fourth-order valence-corrected chi connectivity index (χ4v) is 7.61. The van der Waals surface area contributed by atoms with Crippen molar-refractivity contribution in [2.45, 2.75) is 77.7 Å². The number of Topliss-reactive ketones (excluding diaryl/α,β-unsaturated/α-hetero) is 1. The lowest BCUT2D eigenvalue weighted by atomic mass is 9.46. The van der Waals surface area contributed by atoms with Gasteiger partial charge in [-0.15, -0.1) is 0 Å². The predicted molar refractivity (Wildman–Crippen MR) is 103 cm³/mol. The van der Waals surface area contributed by atoms with Crippen molar-refractivity contribution >= 4 is 17.5 Å². The number of allylic oxidation sites excluding steroid dienone is 1. The molecule has 3 saturated carbocycles. The molecule has 5 nitrogen and oxygen atoms in total. The summed E-state index contributed by atoms with van der Waals surface area (Å²) in [7, 11) is 0. The predicted octanol–water partition coefficient (Wildman–Crippen LogP) is 3.38. The van der Waals surface area contributed by atoms with Gasteiger partial charge < -0.3 is 9.84 Å². The van der Waals surface area contributed by atoms with E-state index in [0.29, 0.717) is 30.6 Å². The molecule has 0 spiro atoms. The first-order chi connectivity index (χ1) is 13.2. The van der Waals surface area contributed by atoms with Gasteiger partial charge in [-0.2, -0.15) is 0 Å². The SMILES string of the molecule is CC(=O)O[C@@]1(C(=O)CO)CC[C@H]2[C@@H]3CCC4=CC(=O)CC[C@]4(C)[C@H]3CC[C@@]21C. The van der Waals surface area contributed by atoms with Crippen molar-refractivity contribution in [1.29, 1.82) is 0 Å². The molecule has 5 heteroatoms. The number of ketones is 2. The maximum absolute atomic E-state index is 12.8. The zero-order valence-electron chi connectivity index (χ0n) is 17.3. The lowest BCUT2D eigenvalue weighted by Crippen LogP contribution is -2.59. The minimum atomic E-state index is -1.19. The van der Waals surface area contributed by atoms with Gasteiger partial charge in [0, 0.05) is 18.8 Å². The van der Waals surface area contributed by atoms with E-state index in [4.69, 9.17) is 4.74 Å². The number of aliphatic hydroxyl groups is 1. The lowest BCUT2D eigenvalue weighted by Gasteiger charge is -2.59. The van der Waals surface area contributed by atoms with E-state index in [0.717, 1.165) is 38.5 Å². The van der Waals surface area contributed by atoms with Crippen LogP contribution in [0.15, 0.2) is 11.6 Å². The number of esters is 1. The molecule has 0 amide bonds. The number of carbonyl (C=O) groups is 3. The summed E-state index contributed by atoms with van der Waals surface area (Å²) < 4.78 is 5.75. The van der Waals surface area contributed by atoms with E-state index in [-0.39, 0.29) is 17.0 Å². The molecule has 0 aromatic rings. The molecule has 0 radical (unpaired) electrons. The number of rotatable bonds is 3. The molecule has 0 bridgehead atoms. The molecule has 28 heavy (non-hydrogen) atoms. The summed E-state index contributed by atoms with van der Waals surface area (Å²) in [6.45, 7) is 5.20. The van der Waals surface area contributed by atoms with E-state index in [9.17, 15) is 19.5 Å². The molecule has 3 fully saturated rings. The van der Waals surface area contributed by atoms with Crippen LogP contribution in [0.5, 0.6) is 0 Å². The minimum Gasteiger partial charge on any atom is -0.451 e. The van der Waals surface area contributed by atoms with Gasteiger partial charge in [-0.25, -0.2) is 0 Å². The molecular formula is C23H32O5. The van der Waals surface area contributed by atoms with Gasteiger partial charge in [0.15, 0.2) is 11.4 Å². The van der Waals surface area contributed by atoms with E-state index in [1.807, 2.05) is 6.08 Å². The summed E-state index contributed by atoms with van der Waals surface area (Å²) in [5.41, 5.74) is -0.222. The smallest absolute Gasteiger partial charge is 0.303 e. The fraction of sp³-hybridized carbons (Fsp3) is 0.783. The Morgan fingerprint density at radius 1 is 1.11 bits per heavy atom. The van der Waals surface area contributed by atoms with Crippen LogP contribution in [-0.4, -0.2) is 34.9 Å². The largest absolute Gasteiger partial charge is 0.451 e. The monoisotopic (exact) mass is 388 g/mol. The van der Waals surface area contributed by atoms with Gasteiger partial charge >= 0.3 is 5.97 Å². The van der Waals surface area contributed by atoms with Gasteiger partial charge in [0.1, 0.15) is 6.61 Å². The van der Waals surface area contributed by atoms with Crippen LogP contribution in [0.1, 0.15) is 72.1 Å². The molecule has 154 valence electrons. The molecule has 0 aromatic heterocycles. The molecule has 0 heterocycles. The zero-order valence-corrected chi connectivity index (χ0v) is 17.3. The Morgan fingerprint density at radius 2 is 1.82 bits per heavy atom. The summed E-state index contributed by atoms with van der Waals surface area (Å²) >= 11 is 0. The van der Waals surface area contributed by atoms with E-state index in [2.05, 4.69) is 13.8 Å². The Morgan fingerprint density at radius 3 is 2.50 bits per heavy atom. The van der Waals surface area contributed by atoms with Crippen LogP contribution in [0.3, 0.4) is 0 Å². The van der Waals surface area contributed by atoms with Crippen LogP contribution < -0.4 is 0 Å². The van der Waals surface area contributed by atoms with Crippen LogP contribution in [-0.2, 0) is 19.1 Å². The Bertz CT molecular complexity index is 754. The van der Waals surface area contributed by atoms with Crippen LogP contribution in [0.25, 0.3) is 0 Å². The molecule has 4 aliphatic rings. The van der Waals surface area contributed by atoms with Crippen LogP contribution >= 0.6 is 0 Å². The van der Waals surface area contributed by atoms with Crippen molar-refractivity contribution in [3.63, 3.8) is 0 Å². The second kappa shape index (κ2) is 6.51. The molecule has 0 aliphatic heterocycles. The number of carbonyl (C=O) groups excluding carboxylic acids is 3. The van der Waals surface area contributed by atoms with Gasteiger partial charge in [0.05, 0.1) is 0 Å². The number of fused-ring (bicyclic) bond motifs is 5. The molecule has 1 N–H and O–H groups in total. The van der Waals surface area contributed by atoms with Gasteiger partial charge in [-0.1, -0.05) is 19.4 Å². The number of hydrogen-bond donors (Lipinski definition) is 1. The fourth-order valence-electron chi connectivity index (χ4n) is 7.61. The Labute approximate surface area is 166 Å². The number of aliphatic hydroxyl groups excluding tert-OH is 1. The summed E-state index contributed by atoms with van der Waals surface area (Å²) in [5, 5.41) is 9.65. The Hall–Kier alpha value is -1.49. The van der Waals surface area contributed by atoms with Crippen LogP contribution in [0.2, 0.25) is 0 Å². The van der Waals surface area contributed by atoms with E-state index >= 15 is 0 Å². The Kier molecular flexibility index (Phi) is 4.61. The second-order valence-electron chi connectivity index (χ2n) is 9.97. The highest BCUT2D eigenvalue weighted by Crippen LogP contribution is 2.68. The molecule has 0 saturated heterocycles. The molecule has 4 aliphatic carbocycles. The lowest BCUT2D eigenvalue weighted by molar-refractivity contribution is -0.189. The topological polar surface area (TPSA) is 80.7 Å². The third-order valence-electron chi connectivity index (χ3n) is 8.99. The van der Waals surface area contributed by atoms with Crippen LogP contribution in [0, 0.1) is 28.6 Å². The van der Waals surface area contributed by atoms with Crippen molar-refractivity contribution in [3.8, 4) is 0 Å². The molecule has 0 unspecified atom stereocenters. The summed E-state index contributed by atoms with van der Waals surface area (Å²) in [5.74, 6) is 0.746. The zero-order chi connectivity index (χ0) is 20.3. The average molecular weight is 389 g/mol. The standard InChI is InChI=1S/C23H32O5/c1-14(25)28-23(20(27)13-24)11-8-19-17-5-4-15-12-16(26)6-9-21(15,2)18(17)7-10-22(19,23)3/h12,17-19,24H,4-11,13H2,1-3H3/t17-,18+,19+,21+,22+,23-/m1/s1. The van der Waals surface area contributed by atoms with Gasteiger partial charge in [0.2, 0.25) is 5.78 Å². The van der Waals surface area contributed by atoms with E-state index in [1.165, 1.54) is 12.5 Å². The average Bonchev–Trinajstić information content (AvgIpc) is 2.94. The highest BCUT2D eigenvalue weighted by Gasteiger charge is 2.68. The van der Waals surface area contributed by atoms with E-state index in [1.54, 1.807) is 0 Å². The van der Waals surface area contributed by atoms with Crippen molar-refractivity contribution < 1.29 is 24.2 Å². The third-order valence-corrected chi connectivity index (χ3v) is 8.99. The normalized spacial score (nSPS) is 44.8. The van der Waals surface area contributed by atoms with Crippen molar-refractivity contribution in [2.24, 2.45) is 28.6 Å². The summed E-state index contributed by atoms with van der Waals surface area (Å²) in [6.07, 6.45) is 8.59. The van der Waals surface area contributed by atoms with E-state index < -0.39 is 23.6 Å². The summed E-state index contributed by atoms with van der Waals surface area (Å²) in [6, 6.07) is 0. The van der Waals surface area contributed by atoms with Gasteiger partial charge in [0.25, 0.3) is 0 Å². The first-order valence-corrected chi connectivity index (χ1v) is 10.8. The third kappa shape index (κ3) is 2.51. The summed E-state index contributed by atoms with van der Waals surface area (Å²) in [4.78, 5) is 36.7. The first kappa shape index (κ1) is 19.8. The highest BCUT2D eigenvalue weighted by molar-refractivity contribution is 5.92. The van der Waals surface area contributed by atoms with Crippen molar-refractivity contribution in [3.05, 3.63) is 11.6 Å². The molecule has 6 atom stereocenters. The molecule has 0 aromatic carbocycles. The number of hydrogen-bond acceptors (Lipinski definition) is 5. The molecule has 4 rings (SSSR count). The quantitative estimate of drug-likeness (QED) is 0.750. The maximum atomic E-state index is 12.8. The van der Waals surface area contributed by atoms with Crippen molar-refractivity contribution in [2.75, 3.05) is 6.61 Å². The number of ether oxygens (including phenoxy) is 1. The first-order valence-electron chi connectivity index (χ1n) is 10.8. The minimum absolute atomic E-state index is 0.0752. The van der Waals surface area contributed by atoms with Gasteiger partial charge in [-0.3, -0.25) is 14.4 Å². The van der Waals surface area contributed by atoms with Crippen molar-refractivity contribution in [1.82, 2.24) is 0 Å². The van der Waals surface area contributed by atoms with Gasteiger partial charge in [-0.05, 0) is 74.2 Å². The Balaban J connectivity index is 1.70.